The zero-order valence-electron chi connectivity index (χ0n) is 9.91. The average Bonchev–Trinajstić information content (AvgIpc) is 2.79. The predicted octanol–water partition coefficient (Wildman–Crippen LogP) is 0.987. The number of carbonyl (C=O) groups excluding carboxylic acids is 1. The fourth-order valence-electron chi connectivity index (χ4n) is 2.91. The van der Waals surface area contributed by atoms with Crippen molar-refractivity contribution in [2.75, 3.05) is 26.2 Å². The van der Waals surface area contributed by atoms with Crippen molar-refractivity contribution in [1.29, 1.82) is 5.26 Å². The van der Waals surface area contributed by atoms with Crippen LogP contribution in [0.25, 0.3) is 0 Å². The Balaban J connectivity index is 1.98. The van der Waals surface area contributed by atoms with Gasteiger partial charge in [0.15, 0.2) is 0 Å². The van der Waals surface area contributed by atoms with Gasteiger partial charge in [0.25, 0.3) is 0 Å². The highest BCUT2D eigenvalue weighted by atomic mass is 16.2. The van der Waals surface area contributed by atoms with E-state index in [-0.39, 0.29) is 11.4 Å². The smallest absolute Gasteiger partial charge is 0.219 e. The van der Waals surface area contributed by atoms with E-state index in [4.69, 9.17) is 0 Å². The van der Waals surface area contributed by atoms with Crippen molar-refractivity contribution in [2.45, 2.75) is 38.1 Å². The van der Waals surface area contributed by atoms with Gasteiger partial charge in [0.1, 0.15) is 5.54 Å². The summed E-state index contributed by atoms with van der Waals surface area (Å²) < 4.78 is 0. The van der Waals surface area contributed by atoms with Crippen LogP contribution in [0.15, 0.2) is 0 Å². The normalized spacial score (nSPS) is 25.4. The molecule has 4 heteroatoms. The molecule has 1 saturated heterocycles. The third-order valence-corrected chi connectivity index (χ3v) is 3.97. The van der Waals surface area contributed by atoms with Crippen LogP contribution >= 0.6 is 0 Å². The standard InChI is InChI=1S/C12H19N3O/c1-11(16)14-6-8-15(9-7-14)12(10-13)4-2-3-5-12/h2-9H2,1H3. The summed E-state index contributed by atoms with van der Waals surface area (Å²) in [4.78, 5) is 15.4. The van der Waals surface area contributed by atoms with Crippen LogP contribution in [0.1, 0.15) is 32.6 Å². The maximum atomic E-state index is 11.2. The molecule has 1 aliphatic heterocycles. The number of hydrogen-bond donors (Lipinski definition) is 0. The van der Waals surface area contributed by atoms with Gasteiger partial charge in [-0.3, -0.25) is 9.69 Å². The summed E-state index contributed by atoms with van der Waals surface area (Å²) >= 11 is 0. The molecule has 88 valence electrons. The van der Waals surface area contributed by atoms with Gasteiger partial charge < -0.3 is 4.90 Å². The molecular weight excluding hydrogens is 202 g/mol. The third kappa shape index (κ3) is 1.92. The Labute approximate surface area is 96.8 Å². The highest BCUT2D eigenvalue weighted by molar-refractivity contribution is 5.73. The van der Waals surface area contributed by atoms with Gasteiger partial charge >= 0.3 is 0 Å². The summed E-state index contributed by atoms with van der Waals surface area (Å²) in [6.07, 6.45) is 4.34. The van der Waals surface area contributed by atoms with Crippen molar-refractivity contribution in [3.63, 3.8) is 0 Å². The predicted molar refractivity (Wildman–Crippen MR) is 60.6 cm³/mol. The molecule has 1 heterocycles. The number of hydrogen-bond acceptors (Lipinski definition) is 3. The fourth-order valence-corrected chi connectivity index (χ4v) is 2.91. The zero-order valence-corrected chi connectivity index (χ0v) is 9.91. The average molecular weight is 221 g/mol. The molecule has 0 aromatic rings. The molecule has 2 fully saturated rings. The second-order valence-corrected chi connectivity index (χ2v) is 4.84. The molecule has 2 aliphatic rings. The van der Waals surface area contributed by atoms with Crippen LogP contribution in [-0.4, -0.2) is 47.4 Å². The molecule has 1 amide bonds. The molecule has 1 saturated carbocycles. The first-order valence-electron chi connectivity index (χ1n) is 6.10. The molecular formula is C12H19N3O. The number of carbonyl (C=O) groups is 1. The molecule has 0 spiro atoms. The minimum Gasteiger partial charge on any atom is -0.340 e. The Kier molecular flexibility index (Phi) is 3.15. The number of nitrogens with zero attached hydrogens (tertiary/aromatic N) is 3. The number of piperazine rings is 1. The van der Waals surface area contributed by atoms with Crippen LogP contribution in [0.2, 0.25) is 0 Å². The van der Waals surface area contributed by atoms with E-state index < -0.39 is 0 Å². The number of amides is 1. The van der Waals surface area contributed by atoms with Crippen molar-refractivity contribution in [3.05, 3.63) is 0 Å². The van der Waals surface area contributed by atoms with E-state index >= 15 is 0 Å². The van der Waals surface area contributed by atoms with Crippen molar-refractivity contribution in [3.8, 4) is 6.07 Å². The van der Waals surface area contributed by atoms with Gasteiger partial charge in [-0.1, -0.05) is 12.8 Å². The van der Waals surface area contributed by atoms with Crippen molar-refractivity contribution in [2.24, 2.45) is 0 Å². The van der Waals surface area contributed by atoms with Gasteiger partial charge in [0.2, 0.25) is 5.91 Å². The third-order valence-electron chi connectivity index (χ3n) is 3.97. The van der Waals surface area contributed by atoms with E-state index in [0.29, 0.717) is 0 Å². The Hall–Kier alpha value is -1.08. The monoisotopic (exact) mass is 221 g/mol. The molecule has 0 radical (unpaired) electrons. The van der Waals surface area contributed by atoms with Crippen molar-refractivity contribution in [1.82, 2.24) is 9.80 Å². The van der Waals surface area contributed by atoms with Crippen LogP contribution in [-0.2, 0) is 4.79 Å². The van der Waals surface area contributed by atoms with Gasteiger partial charge in [-0.05, 0) is 12.8 Å². The lowest BCUT2D eigenvalue weighted by molar-refractivity contribution is -0.131. The van der Waals surface area contributed by atoms with Gasteiger partial charge in [-0.15, -0.1) is 0 Å². The molecule has 4 nitrogen and oxygen atoms in total. The molecule has 1 aliphatic carbocycles. The second kappa shape index (κ2) is 4.42. The topological polar surface area (TPSA) is 47.3 Å². The summed E-state index contributed by atoms with van der Waals surface area (Å²) in [5.74, 6) is 0.150. The molecule has 0 aromatic heterocycles. The lowest BCUT2D eigenvalue weighted by Gasteiger charge is -2.41. The van der Waals surface area contributed by atoms with Crippen LogP contribution in [0.5, 0.6) is 0 Å². The highest BCUT2D eigenvalue weighted by Crippen LogP contribution is 2.35. The maximum Gasteiger partial charge on any atom is 0.219 e. The summed E-state index contributed by atoms with van der Waals surface area (Å²) in [7, 11) is 0. The van der Waals surface area contributed by atoms with E-state index in [1.54, 1.807) is 6.92 Å². The molecule has 0 unspecified atom stereocenters. The van der Waals surface area contributed by atoms with E-state index in [1.807, 2.05) is 4.90 Å². The fraction of sp³-hybridized carbons (Fsp3) is 0.833. The quantitative estimate of drug-likeness (QED) is 0.663. The Bertz CT molecular complexity index is 307. The SMILES string of the molecule is CC(=O)N1CCN(C2(C#N)CCCC2)CC1. The first kappa shape index (κ1) is 11.4. The Morgan fingerprint density at radius 1 is 1.19 bits per heavy atom. The second-order valence-electron chi connectivity index (χ2n) is 4.84. The molecule has 0 atom stereocenters. The van der Waals surface area contributed by atoms with Crippen LogP contribution in [0.4, 0.5) is 0 Å². The van der Waals surface area contributed by atoms with Gasteiger partial charge in [-0.2, -0.15) is 5.26 Å². The maximum absolute atomic E-state index is 11.2. The van der Waals surface area contributed by atoms with Crippen LogP contribution < -0.4 is 0 Å². The summed E-state index contributed by atoms with van der Waals surface area (Å²) in [5.41, 5.74) is -0.219. The van der Waals surface area contributed by atoms with Crippen molar-refractivity contribution >= 4 is 5.91 Å². The summed E-state index contributed by atoms with van der Waals surface area (Å²) in [6, 6.07) is 2.51. The first-order valence-corrected chi connectivity index (χ1v) is 6.10. The largest absolute Gasteiger partial charge is 0.340 e. The number of nitriles is 1. The lowest BCUT2D eigenvalue weighted by atomic mass is 9.96. The highest BCUT2D eigenvalue weighted by Gasteiger charge is 2.41. The lowest BCUT2D eigenvalue weighted by Crippen LogP contribution is -2.56. The molecule has 16 heavy (non-hydrogen) atoms. The van der Waals surface area contributed by atoms with Crippen LogP contribution in [0, 0.1) is 11.3 Å². The van der Waals surface area contributed by atoms with E-state index in [9.17, 15) is 10.1 Å². The molecule has 2 rings (SSSR count). The van der Waals surface area contributed by atoms with E-state index in [2.05, 4.69) is 11.0 Å². The van der Waals surface area contributed by atoms with Crippen molar-refractivity contribution < 1.29 is 4.79 Å². The van der Waals surface area contributed by atoms with Gasteiger partial charge in [0, 0.05) is 33.1 Å². The zero-order chi connectivity index (χ0) is 11.6. The minimum atomic E-state index is -0.219. The Morgan fingerprint density at radius 2 is 1.75 bits per heavy atom. The Morgan fingerprint density at radius 3 is 2.19 bits per heavy atom. The first-order chi connectivity index (χ1) is 7.68. The summed E-state index contributed by atoms with van der Waals surface area (Å²) in [6.45, 7) is 4.88. The molecule has 0 aromatic carbocycles. The molecule has 0 N–H and O–H groups in total. The van der Waals surface area contributed by atoms with Crippen LogP contribution in [0.3, 0.4) is 0 Å². The van der Waals surface area contributed by atoms with Gasteiger partial charge in [0.05, 0.1) is 6.07 Å². The number of rotatable bonds is 1. The van der Waals surface area contributed by atoms with Gasteiger partial charge in [-0.25, -0.2) is 0 Å². The summed E-state index contributed by atoms with van der Waals surface area (Å²) in [5, 5.41) is 9.37. The van der Waals surface area contributed by atoms with E-state index in [0.717, 1.165) is 39.0 Å². The van der Waals surface area contributed by atoms with E-state index in [1.165, 1.54) is 12.8 Å². The molecule has 0 bridgehead atoms. The minimum absolute atomic E-state index is 0.150.